The molecule has 2 aliphatic rings. The molecule has 0 spiro atoms. The molecule has 0 bridgehead atoms. The van der Waals surface area contributed by atoms with Crippen LogP contribution >= 0.6 is 0 Å². The molecular weight excluding hydrogens is 1000 g/mol. The van der Waals surface area contributed by atoms with Crippen LogP contribution in [0.25, 0.3) is 99.5 Å². The monoisotopic (exact) mass is 1060 g/mol. The summed E-state index contributed by atoms with van der Waals surface area (Å²) in [6.07, 6.45) is 0. The number of anilines is 6. The molecule has 0 saturated heterocycles. The Morgan fingerprint density at radius 3 is 0.952 bits per heavy atom. The van der Waals surface area contributed by atoms with Gasteiger partial charge in [0.15, 0.2) is 0 Å². The van der Waals surface area contributed by atoms with Gasteiger partial charge in [0.25, 0.3) is 6.71 Å². The predicted octanol–water partition coefficient (Wildman–Crippen LogP) is 18.6. The normalized spacial score (nSPS) is 14.2. The lowest BCUT2D eigenvalue weighted by molar-refractivity contribution is 1.18. The summed E-state index contributed by atoms with van der Waals surface area (Å²) in [4.78, 5) is 4.32. The van der Waals surface area contributed by atoms with Crippen LogP contribution in [0.4, 0.5) is 34.1 Å². The number of hydrogen-bond acceptors (Lipinski definition) is 2. The second kappa shape index (κ2) is 18.9. The fourth-order valence-corrected chi connectivity index (χ4v) is 13.5. The zero-order chi connectivity index (χ0) is 63.2. The highest BCUT2D eigenvalue weighted by Gasteiger charge is 2.44. The second-order valence-corrected chi connectivity index (χ2v) is 21.2. The van der Waals surface area contributed by atoms with E-state index in [4.69, 9.17) is 8.22 Å². The van der Waals surface area contributed by atoms with E-state index in [1.807, 2.05) is 54.6 Å². The van der Waals surface area contributed by atoms with Crippen LogP contribution in [-0.4, -0.2) is 15.8 Å². The van der Waals surface area contributed by atoms with Crippen molar-refractivity contribution in [1.82, 2.24) is 9.13 Å². The van der Waals surface area contributed by atoms with Gasteiger partial charge >= 0.3 is 0 Å². The largest absolute Gasteiger partial charge is 0.311 e. The average Bonchev–Trinajstić information content (AvgIpc) is 1.39. The van der Waals surface area contributed by atoms with E-state index in [1.165, 1.54) is 0 Å². The summed E-state index contributed by atoms with van der Waals surface area (Å²) in [7, 11) is 0. The molecule has 5 heteroatoms. The second-order valence-electron chi connectivity index (χ2n) is 21.2. The fraction of sp³-hybridized carbons (Fsp3) is 0. The third-order valence-corrected chi connectivity index (χ3v) is 16.9. The smallest absolute Gasteiger partial charge is 0.252 e. The van der Waals surface area contributed by atoms with Gasteiger partial charge in [0.05, 0.1) is 58.5 Å². The molecule has 83 heavy (non-hydrogen) atoms. The van der Waals surface area contributed by atoms with Gasteiger partial charge in [0, 0.05) is 66.5 Å². The molecule has 0 atom stereocenters. The zero-order valence-corrected chi connectivity index (χ0v) is 44.5. The number of benzene rings is 13. The van der Waals surface area contributed by atoms with Gasteiger partial charge < -0.3 is 18.9 Å². The van der Waals surface area contributed by atoms with Gasteiger partial charge in [-0.3, -0.25) is 0 Å². The summed E-state index contributed by atoms with van der Waals surface area (Å²) in [6, 6.07) is 81.3. The molecule has 0 saturated carbocycles. The summed E-state index contributed by atoms with van der Waals surface area (Å²) in [5.74, 6) is 0. The van der Waals surface area contributed by atoms with Crippen molar-refractivity contribution >= 4 is 101 Å². The molecule has 0 amide bonds. The molecule has 386 valence electrons. The van der Waals surface area contributed by atoms with E-state index in [2.05, 4.69) is 213 Å². The Hall–Kier alpha value is -10.9. The van der Waals surface area contributed by atoms with Crippen LogP contribution in [0, 0.1) is 0 Å². The van der Waals surface area contributed by atoms with Gasteiger partial charge in [-0.2, -0.15) is 0 Å². The Bertz CT molecular complexity index is 5210. The summed E-state index contributed by atoms with van der Waals surface area (Å²) >= 11 is 0. The topological polar surface area (TPSA) is 16.3 Å². The van der Waals surface area contributed by atoms with Gasteiger partial charge in [0.2, 0.25) is 0 Å². The minimum absolute atomic E-state index is 0.0628. The molecule has 0 unspecified atom stereocenters. The van der Waals surface area contributed by atoms with E-state index >= 15 is 0 Å². The summed E-state index contributed by atoms with van der Waals surface area (Å²) < 4.78 is 95.3. The van der Waals surface area contributed by atoms with Gasteiger partial charge in [-0.1, -0.05) is 236 Å². The molecule has 2 aliphatic heterocycles. The SMILES string of the molecule is [2H]c1c([2H])c([2H])c(-c2ccccc2N2c3ccc(-c4ccccc4-n4c5ccccc5c5ccccc54)cc3B3c4cc(-c5ccccc5-n5c6ccccc6c6ccccc65)ccc4N(c4ccccc4-c4c([2H])c([2H])c([2H])c([2H])c4[2H])c4cccc2c43)c([2H])c1[2H]. The molecule has 17 rings (SSSR count). The summed E-state index contributed by atoms with van der Waals surface area (Å²) in [5, 5.41) is 4.55. The first kappa shape index (κ1) is 37.9. The number of rotatable bonds is 8. The van der Waals surface area contributed by atoms with Crippen LogP contribution in [0.3, 0.4) is 0 Å². The lowest BCUT2D eigenvalue weighted by atomic mass is 9.33. The molecule has 4 heterocycles. The van der Waals surface area contributed by atoms with Gasteiger partial charge in [0.1, 0.15) is 0 Å². The lowest BCUT2D eigenvalue weighted by Crippen LogP contribution is -2.61. The minimum Gasteiger partial charge on any atom is -0.311 e. The van der Waals surface area contributed by atoms with Crippen molar-refractivity contribution in [2.75, 3.05) is 9.80 Å². The molecule has 13 aromatic carbocycles. The third kappa shape index (κ3) is 7.21. The standard InChI is InChI=1S/C78H51BN4/c1-3-24-52(25-4-1)56-28-7-15-36-66(56)82-74-48-46-54(58-30-9-17-38-68(58)80-70-40-19-11-32-60(70)61-33-12-20-41-71(61)80)50-64(74)79-65-51-55(59-31-10-18-39-69(59)81-72-42-21-13-34-62(72)63-35-14-22-43-73(63)81)47-49-75(65)83(77-45-23-44-76(82)78(77)79)67-37-16-8-29-57(67)53-26-5-2-6-27-53/h1-51H/i1D,2D,3D,4D,5D,6D,24D,25D,26D,27D. The van der Waals surface area contributed by atoms with E-state index in [1.54, 1.807) is 0 Å². The van der Waals surface area contributed by atoms with Crippen LogP contribution < -0.4 is 26.2 Å². The van der Waals surface area contributed by atoms with Crippen molar-refractivity contribution in [2.24, 2.45) is 0 Å². The van der Waals surface area contributed by atoms with Gasteiger partial charge in [-0.05, 0) is 111 Å². The van der Waals surface area contributed by atoms with Crippen molar-refractivity contribution in [2.45, 2.75) is 0 Å². The zero-order valence-electron chi connectivity index (χ0n) is 54.5. The Morgan fingerprint density at radius 1 is 0.253 bits per heavy atom. The third-order valence-electron chi connectivity index (χ3n) is 16.9. The fourth-order valence-electron chi connectivity index (χ4n) is 13.5. The van der Waals surface area contributed by atoms with E-state index in [0.717, 1.165) is 116 Å². The quantitative estimate of drug-likeness (QED) is 0.141. The first-order chi connectivity index (χ1) is 45.4. The van der Waals surface area contributed by atoms with Crippen molar-refractivity contribution in [1.29, 1.82) is 0 Å². The van der Waals surface area contributed by atoms with Gasteiger partial charge in [-0.25, -0.2) is 0 Å². The number of para-hydroxylation sites is 8. The maximum Gasteiger partial charge on any atom is 0.252 e. The number of nitrogens with zero attached hydrogens (tertiary/aromatic N) is 4. The van der Waals surface area contributed by atoms with E-state index in [0.29, 0.717) is 22.5 Å². The van der Waals surface area contributed by atoms with Crippen molar-refractivity contribution in [3.8, 4) is 55.9 Å². The van der Waals surface area contributed by atoms with Crippen LogP contribution in [0.2, 0.25) is 0 Å². The molecule has 15 aromatic rings. The van der Waals surface area contributed by atoms with Crippen LogP contribution in [0.15, 0.2) is 309 Å². The highest BCUT2D eigenvalue weighted by molar-refractivity contribution is 7.00. The van der Waals surface area contributed by atoms with E-state index < -0.39 is 43.0 Å². The number of hydrogen-bond donors (Lipinski definition) is 0. The average molecular weight is 1070 g/mol. The molecule has 2 aromatic heterocycles. The van der Waals surface area contributed by atoms with Crippen LogP contribution in [0.1, 0.15) is 13.7 Å². The van der Waals surface area contributed by atoms with Crippen molar-refractivity contribution in [3.63, 3.8) is 0 Å². The first-order valence-electron chi connectivity index (χ1n) is 32.9. The Kier molecular flexibility index (Phi) is 8.62. The van der Waals surface area contributed by atoms with Crippen molar-refractivity contribution in [3.05, 3.63) is 309 Å². The summed E-state index contributed by atoms with van der Waals surface area (Å²) in [6.45, 7) is -0.518. The Labute approximate surface area is 496 Å². The highest BCUT2D eigenvalue weighted by Crippen LogP contribution is 2.49. The Balaban J connectivity index is 0.981. The molecule has 0 radical (unpaired) electrons. The molecule has 4 nitrogen and oxygen atoms in total. The molecule has 0 aliphatic carbocycles. The predicted molar refractivity (Wildman–Crippen MR) is 351 cm³/mol. The maximum atomic E-state index is 9.41. The van der Waals surface area contributed by atoms with E-state index in [-0.39, 0.29) is 35.3 Å². The Morgan fingerprint density at radius 2 is 0.566 bits per heavy atom. The van der Waals surface area contributed by atoms with E-state index in [9.17, 15) is 5.48 Å². The molecule has 0 fully saturated rings. The number of aromatic nitrogens is 2. The molecular formula is C78H51BN4. The van der Waals surface area contributed by atoms with Gasteiger partial charge in [-0.15, -0.1) is 0 Å². The van der Waals surface area contributed by atoms with Crippen LogP contribution in [-0.2, 0) is 0 Å². The van der Waals surface area contributed by atoms with Crippen molar-refractivity contribution < 1.29 is 13.7 Å². The maximum absolute atomic E-state index is 9.41. The van der Waals surface area contributed by atoms with Crippen LogP contribution in [0.5, 0.6) is 0 Å². The molecule has 0 N–H and O–H groups in total. The lowest BCUT2D eigenvalue weighted by Gasteiger charge is -2.45. The first-order valence-corrected chi connectivity index (χ1v) is 27.9. The number of fused-ring (bicyclic) bond motifs is 10. The highest BCUT2D eigenvalue weighted by atomic mass is 15.2. The summed E-state index contributed by atoms with van der Waals surface area (Å²) in [5.41, 5.74) is 18.1. The minimum atomic E-state index is -0.518.